The minimum atomic E-state index is -0.0579. The van der Waals surface area contributed by atoms with E-state index in [9.17, 15) is 4.79 Å². The van der Waals surface area contributed by atoms with Gasteiger partial charge in [-0.25, -0.2) is 0 Å². The van der Waals surface area contributed by atoms with Gasteiger partial charge in [0.25, 0.3) is 0 Å². The zero-order valence-corrected chi connectivity index (χ0v) is 20.6. The summed E-state index contributed by atoms with van der Waals surface area (Å²) < 4.78 is 5.88. The molecular weight excluding hydrogens is 382 g/mol. The Morgan fingerprint density at radius 1 is 0.903 bits per heavy atom. The number of aryl methyl sites for hydroxylation is 1. The first-order chi connectivity index (χ1) is 15.2. The molecule has 2 rings (SSSR count). The number of unbranched alkanes of at least 4 members (excludes halogenated alkanes) is 8. The second-order valence-electron chi connectivity index (χ2n) is 9.38. The lowest BCUT2D eigenvalue weighted by atomic mass is 9.86. The van der Waals surface area contributed by atoms with Crippen molar-refractivity contribution in [1.29, 1.82) is 0 Å². The van der Waals surface area contributed by atoms with E-state index in [0.717, 1.165) is 44.5 Å². The Balaban J connectivity index is 1.78. The number of hydrogen-bond donors (Lipinski definition) is 0. The van der Waals surface area contributed by atoms with Crippen molar-refractivity contribution in [3.05, 3.63) is 29.3 Å². The second-order valence-corrected chi connectivity index (χ2v) is 9.38. The van der Waals surface area contributed by atoms with Gasteiger partial charge in [0.2, 0.25) is 0 Å². The van der Waals surface area contributed by atoms with Crippen molar-refractivity contribution in [1.82, 2.24) is 4.90 Å². The van der Waals surface area contributed by atoms with Crippen LogP contribution in [-0.2, 0) is 17.6 Å². The molecule has 0 fully saturated rings. The van der Waals surface area contributed by atoms with E-state index in [-0.39, 0.29) is 5.97 Å². The van der Waals surface area contributed by atoms with E-state index >= 15 is 0 Å². The Morgan fingerprint density at radius 3 is 2.19 bits per heavy atom. The van der Waals surface area contributed by atoms with E-state index in [1.807, 2.05) is 6.07 Å². The largest absolute Gasteiger partial charge is 0.426 e. The average Bonchev–Trinajstić information content (AvgIpc) is 2.78. The molecule has 1 unspecified atom stereocenters. The number of carbonyl (C=O) groups excluding carboxylic acids is 1. The summed E-state index contributed by atoms with van der Waals surface area (Å²) in [5.74, 6) is 0.758. The van der Waals surface area contributed by atoms with Crippen LogP contribution in [0, 0.1) is 0 Å². The van der Waals surface area contributed by atoms with Crippen LogP contribution in [0.15, 0.2) is 18.2 Å². The van der Waals surface area contributed by atoms with Crippen LogP contribution in [0.2, 0.25) is 0 Å². The molecule has 3 nitrogen and oxygen atoms in total. The molecule has 0 bridgehead atoms. The Labute approximate surface area is 191 Å². The van der Waals surface area contributed by atoms with Crippen molar-refractivity contribution in [3.63, 3.8) is 0 Å². The summed E-state index contributed by atoms with van der Waals surface area (Å²) in [5.41, 5.74) is 2.65. The van der Waals surface area contributed by atoms with Crippen LogP contribution in [0.25, 0.3) is 0 Å². The van der Waals surface area contributed by atoms with Gasteiger partial charge in [0.1, 0.15) is 5.75 Å². The summed E-state index contributed by atoms with van der Waals surface area (Å²) in [6, 6.07) is 6.84. The van der Waals surface area contributed by atoms with E-state index in [1.165, 1.54) is 75.3 Å². The Bertz CT molecular complexity index is 621. The smallest absolute Gasteiger partial charge is 0.311 e. The van der Waals surface area contributed by atoms with Gasteiger partial charge in [-0.1, -0.05) is 84.3 Å². The summed E-state index contributed by atoms with van der Waals surface area (Å²) in [6.07, 6.45) is 17.6. The molecule has 0 amide bonds. The number of fused-ring (bicyclic) bond motifs is 1. The maximum atomic E-state index is 12.5. The molecule has 1 aliphatic carbocycles. The molecule has 0 aliphatic heterocycles. The van der Waals surface area contributed by atoms with E-state index in [1.54, 1.807) is 0 Å². The number of carbonyl (C=O) groups is 1. The predicted octanol–water partition coefficient (Wildman–Crippen LogP) is 7.49. The van der Waals surface area contributed by atoms with Crippen molar-refractivity contribution >= 4 is 5.97 Å². The van der Waals surface area contributed by atoms with Crippen LogP contribution in [0.5, 0.6) is 5.75 Å². The molecule has 0 N–H and O–H groups in total. The third kappa shape index (κ3) is 9.35. The van der Waals surface area contributed by atoms with E-state index < -0.39 is 0 Å². The molecule has 1 aromatic carbocycles. The molecular formula is C28H47NO2. The number of nitrogens with zero attached hydrogens (tertiary/aromatic N) is 1. The van der Waals surface area contributed by atoms with Crippen LogP contribution in [-0.4, -0.2) is 30.0 Å². The molecule has 0 saturated heterocycles. The minimum Gasteiger partial charge on any atom is -0.426 e. The zero-order chi connectivity index (χ0) is 22.3. The van der Waals surface area contributed by atoms with Crippen LogP contribution in [0.1, 0.15) is 115 Å². The van der Waals surface area contributed by atoms with Crippen LogP contribution in [0.3, 0.4) is 0 Å². The van der Waals surface area contributed by atoms with E-state index in [0.29, 0.717) is 12.5 Å². The van der Waals surface area contributed by atoms with Gasteiger partial charge in [-0.15, -0.1) is 0 Å². The van der Waals surface area contributed by atoms with Gasteiger partial charge in [0, 0.05) is 12.5 Å². The lowest BCUT2D eigenvalue weighted by molar-refractivity contribution is -0.134. The predicted molar refractivity (Wildman–Crippen MR) is 132 cm³/mol. The SMILES string of the molecule is CCCCCCCCCCCC(=O)Oc1cccc2c1CC(N(CCC)CCC)CC2. The van der Waals surface area contributed by atoms with Gasteiger partial charge in [0.05, 0.1) is 0 Å². The minimum absolute atomic E-state index is 0.0579. The van der Waals surface area contributed by atoms with Gasteiger partial charge >= 0.3 is 5.97 Å². The van der Waals surface area contributed by atoms with Crippen molar-refractivity contribution in [2.45, 2.75) is 123 Å². The number of ether oxygens (including phenoxy) is 1. The lowest BCUT2D eigenvalue weighted by Crippen LogP contribution is -2.40. The maximum absolute atomic E-state index is 12.5. The van der Waals surface area contributed by atoms with Crippen molar-refractivity contribution in [2.24, 2.45) is 0 Å². The molecule has 1 aromatic rings. The molecule has 0 aromatic heterocycles. The van der Waals surface area contributed by atoms with Crippen molar-refractivity contribution in [2.75, 3.05) is 13.1 Å². The highest BCUT2D eigenvalue weighted by Gasteiger charge is 2.26. The fourth-order valence-electron chi connectivity index (χ4n) is 4.95. The normalized spacial score (nSPS) is 15.8. The summed E-state index contributed by atoms with van der Waals surface area (Å²) in [7, 11) is 0. The summed E-state index contributed by atoms with van der Waals surface area (Å²) in [6.45, 7) is 9.11. The molecule has 0 heterocycles. The fourth-order valence-corrected chi connectivity index (χ4v) is 4.95. The Morgan fingerprint density at radius 2 is 1.55 bits per heavy atom. The molecule has 0 spiro atoms. The number of benzene rings is 1. The number of hydrogen-bond acceptors (Lipinski definition) is 3. The second kappa shape index (κ2) is 15.5. The van der Waals surface area contributed by atoms with Crippen molar-refractivity contribution < 1.29 is 9.53 Å². The summed E-state index contributed by atoms with van der Waals surface area (Å²) >= 11 is 0. The molecule has 3 heteroatoms. The van der Waals surface area contributed by atoms with Gasteiger partial charge in [-0.3, -0.25) is 4.79 Å². The van der Waals surface area contributed by atoms with E-state index in [4.69, 9.17) is 4.74 Å². The van der Waals surface area contributed by atoms with Gasteiger partial charge in [-0.2, -0.15) is 0 Å². The maximum Gasteiger partial charge on any atom is 0.311 e. The zero-order valence-electron chi connectivity index (χ0n) is 20.6. The van der Waals surface area contributed by atoms with Crippen LogP contribution < -0.4 is 4.74 Å². The monoisotopic (exact) mass is 429 g/mol. The van der Waals surface area contributed by atoms with Crippen LogP contribution >= 0.6 is 0 Å². The highest BCUT2D eigenvalue weighted by atomic mass is 16.5. The summed E-state index contributed by atoms with van der Waals surface area (Å²) in [5, 5.41) is 0. The topological polar surface area (TPSA) is 29.5 Å². The van der Waals surface area contributed by atoms with E-state index in [2.05, 4.69) is 37.8 Å². The standard InChI is InChI=1S/C28H47NO2/c1-4-7-8-9-10-11-12-13-14-18-28(30)31-27-17-15-16-24-19-20-25(23-26(24)27)29(21-5-2)22-6-3/h15-17,25H,4-14,18-23H2,1-3H3. The molecule has 1 aliphatic rings. The van der Waals surface area contributed by atoms with Gasteiger partial charge in [0.15, 0.2) is 0 Å². The quantitative estimate of drug-likeness (QED) is 0.155. The highest BCUT2D eigenvalue weighted by molar-refractivity contribution is 5.73. The third-order valence-corrected chi connectivity index (χ3v) is 6.66. The molecule has 1 atom stereocenters. The van der Waals surface area contributed by atoms with Gasteiger partial charge in [-0.05, 0) is 68.8 Å². The van der Waals surface area contributed by atoms with Gasteiger partial charge < -0.3 is 9.64 Å². The molecule has 0 saturated carbocycles. The average molecular weight is 430 g/mol. The fraction of sp³-hybridized carbons (Fsp3) is 0.750. The summed E-state index contributed by atoms with van der Waals surface area (Å²) in [4.78, 5) is 15.1. The first kappa shape index (κ1) is 25.9. The third-order valence-electron chi connectivity index (χ3n) is 6.66. The highest BCUT2D eigenvalue weighted by Crippen LogP contribution is 2.32. The number of rotatable bonds is 16. The number of esters is 1. The first-order valence-electron chi connectivity index (χ1n) is 13.2. The Hall–Kier alpha value is -1.35. The first-order valence-corrected chi connectivity index (χ1v) is 13.2. The molecule has 0 radical (unpaired) electrons. The lowest BCUT2D eigenvalue weighted by Gasteiger charge is -2.35. The Kier molecular flexibility index (Phi) is 12.9. The molecule has 176 valence electrons. The van der Waals surface area contributed by atoms with Crippen LogP contribution in [0.4, 0.5) is 0 Å². The van der Waals surface area contributed by atoms with Crippen molar-refractivity contribution in [3.8, 4) is 5.75 Å². The molecule has 31 heavy (non-hydrogen) atoms.